The molecular weight excluding hydrogens is 322 g/mol. The van der Waals surface area contributed by atoms with E-state index in [0.717, 1.165) is 21.3 Å². The number of halogens is 1. The van der Waals surface area contributed by atoms with Crippen molar-refractivity contribution in [2.45, 2.75) is 13.1 Å². The number of nitrogens with zero attached hydrogens (tertiary/aromatic N) is 2. The van der Waals surface area contributed by atoms with Crippen molar-refractivity contribution in [3.63, 3.8) is 0 Å². The SMILES string of the molecule is COC(=O)c1nc(-c2ccc(Br)cc2)nc2c1CNC2. The average Bonchev–Trinajstić information content (AvgIpc) is 2.94. The smallest absolute Gasteiger partial charge is 0.357 e. The number of rotatable bonds is 2. The first kappa shape index (κ1) is 13.2. The third-order valence-corrected chi connectivity index (χ3v) is 3.70. The second-order valence-electron chi connectivity index (χ2n) is 4.42. The van der Waals surface area contributed by atoms with E-state index in [1.807, 2.05) is 24.3 Å². The van der Waals surface area contributed by atoms with Crippen LogP contribution in [0.25, 0.3) is 11.4 Å². The Bertz CT molecular complexity index is 671. The Hall–Kier alpha value is -1.79. The predicted molar refractivity (Wildman–Crippen MR) is 77.1 cm³/mol. The van der Waals surface area contributed by atoms with Gasteiger partial charge in [-0.15, -0.1) is 0 Å². The first-order valence-corrected chi connectivity index (χ1v) is 6.93. The maximum Gasteiger partial charge on any atom is 0.357 e. The van der Waals surface area contributed by atoms with Crippen LogP contribution in [-0.4, -0.2) is 23.0 Å². The molecule has 0 fully saturated rings. The maximum atomic E-state index is 11.9. The van der Waals surface area contributed by atoms with Gasteiger partial charge in [0.15, 0.2) is 11.5 Å². The van der Waals surface area contributed by atoms with Crippen molar-refractivity contribution in [1.29, 1.82) is 0 Å². The molecule has 0 saturated heterocycles. The van der Waals surface area contributed by atoms with Crippen molar-refractivity contribution >= 4 is 21.9 Å². The molecule has 2 heterocycles. The highest BCUT2D eigenvalue weighted by molar-refractivity contribution is 9.10. The van der Waals surface area contributed by atoms with Crippen LogP contribution in [0.3, 0.4) is 0 Å². The van der Waals surface area contributed by atoms with Gasteiger partial charge in [0, 0.05) is 28.7 Å². The summed E-state index contributed by atoms with van der Waals surface area (Å²) in [4.78, 5) is 20.8. The summed E-state index contributed by atoms with van der Waals surface area (Å²) < 4.78 is 5.79. The summed E-state index contributed by atoms with van der Waals surface area (Å²) in [5.74, 6) is 0.117. The van der Waals surface area contributed by atoms with Gasteiger partial charge in [-0.05, 0) is 12.1 Å². The normalized spacial score (nSPS) is 13.1. The Labute approximate surface area is 124 Å². The molecule has 102 valence electrons. The fraction of sp³-hybridized carbons (Fsp3) is 0.214. The lowest BCUT2D eigenvalue weighted by Crippen LogP contribution is -2.11. The number of aromatic nitrogens is 2. The molecule has 1 N–H and O–H groups in total. The third kappa shape index (κ3) is 2.32. The van der Waals surface area contributed by atoms with Gasteiger partial charge >= 0.3 is 5.97 Å². The van der Waals surface area contributed by atoms with Crippen molar-refractivity contribution in [2.75, 3.05) is 7.11 Å². The van der Waals surface area contributed by atoms with E-state index in [9.17, 15) is 4.79 Å². The second kappa shape index (κ2) is 5.30. The van der Waals surface area contributed by atoms with Crippen LogP contribution < -0.4 is 5.32 Å². The summed E-state index contributed by atoms with van der Waals surface area (Å²) in [5.41, 5.74) is 2.91. The number of ether oxygens (including phenoxy) is 1. The van der Waals surface area contributed by atoms with Crippen LogP contribution in [0.2, 0.25) is 0 Å². The Morgan fingerprint density at radius 3 is 2.70 bits per heavy atom. The third-order valence-electron chi connectivity index (χ3n) is 3.17. The Balaban J connectivity index is 2.13. The zero-order chi connectivity index (χ0) is 14.1. The molecular formula is C14H12BrN3O2. The minimum Gasteiger partial charge on any atom is -0.464 e. The molecule has 0 radical (unpaired) electrons. The fourth-order valence-corrected chi connectivity index (χ4v) is 2.43. The van der Waals surface area contributed by atoms with E-state index in [4.69, 9.17) is 4.74 Å². The van der Waals surface area contributed by atoms with E-state index >= 15 is 0 Å². The average molecular weight is 334 g/mol. The number of benzene rings is 1. The lowest BCUT2D eigenvalue weighted by Gasteiger charge is -2.08. The topological polar surface area (TPSA) is 64.1 Å². The standard InChI is InChI=1S/C14H12BrN3O2/c1-20-14(19)12-10-6-16-7-11(10)17-13(18-12)8-2-4-9(15)5-3-8/h2-5,16H,6-7H2,1H3. The molecule has 0 atom stereocenters. The van der Waals surface area contributed by atoms with E-state index in [-0.39, 0.29) is 0 Å². The molecule has 0 aliphatic carbocycles. The summed E-state index contributed by atoms with van der Waals surface area (Å²) in [7, 11) is 1.36. The van der Waals surface area contributed by atoms with E-state index in [1.165, 1.54) is 7.11 Å². The Morgan fingerprint density at radius 1 is 1.25 bits per heavy atom. The number of carbonyl (C=O) groups is 1. The first-order valence-electron chi connectivity index (χ1n) is 6.14. The van der Waals surface area contributed by atoms with Crippen LogP contribution in [0.1, 0.15) is 21.7 Å². The molecule has 5 nitrogen and oxygen atoms in total. The maximum absolute atomic E-state index is 11.9. The molecule has 3 rings (SSSR count). The van der Waals surface area contributed by atoms with Gasteiger partial charge in [-0.2, -0.15) is 0 Å². The molecule has 1 aromatic heterocycles. The van der Waals surface area contributed by atoms with Crippen LogP contribution in [0, 0.1) is 0 Å². The van der Waals surface area contributed by atoms with E-state index in [2.05, 4.69) is 31.2 Å². The van der Waals surface area contributed by atoms with Crippen LogP contribution >= 0.6 is 15.9 Å². The number of nitrogens with one attached hydrogen (secondary N) is 1. The summed E-state index contributed by atoms with van der Waals surface area (Å²) in [5, 5.41) is 3.18. The molecule has 20 heavy (non-hydrogen) atoms. The van der Waals surface area contributed by atoms with Crippen molar-refractivity contribution in [1.82, 2.24) is 15.3 Å². The fourth-order valence-electron chi connectivity index (χ4n) is 2.16. The van der Waals surface area contributed by atoms with Gasteiger partial charge in [0.25, 0.3) is 0 Å². The monoisotopic (exact) mass is 333 g/mol. The summed E-state index contributed by atoms with van der Waals surface area (Å²) >= 11 is 3.39. The molecule has 2 aromatic rings. The van der Waals surface area contributed by atoms with Crippen molar-refractivity contribution < 1.29 is 9.53 Å². The summed E-state index contributed by atoms with van der Waals surface area (Å²) in [6.07, 6.45) is 0. The molecule has 6 heteroatoms. The predicted octanol–water partition coefficient (Wildman–Crippen LogP) is 2.30. The van der Waals surface area contributed by atoms with E-state index in [1.54, 1.807) is 0 Å². The highest BCUT2D eigenvalue weighted by Gasteiger charge is 2.24. The molecule has 0 unspecified atom stereocenters. The van der Waals surface area contributed by atoms with Gasteiger partial charge in [-0.25, -0.2) is 14.8 Å². The Kier molecular flexibility index (Phi) is 3.50. The van der Waals surface area contributed by atoms with E-state index < -0.39 is 5.97 Å². The highest BCUT2D eigenvalue weighted by Crippen LogP contribution is 2.24. The zero-order valence-electron chi connectivity index (χ0n) is 10.8. The van der Waals surface area contributed by atoms with Crippen LogP contribution in [0.15, 0.2) is 28.7 Å². The van der Waals surface area contributed by atoms with Gasteiger partial charge in [0.2, 0.25) is 0 Å². The first-order chi connectivity index (χ1) is 9.69. The van der Waals surface area contributed by atoms with Gasteiger partial charge in [-0.1, -0.05) is 28.1 Å². The lowest BCUT2D eigenvalue weighted by atomic mass is 10.1. The molecule has 1 aliphatic heterocycles. The Morgan fingerprint density at radius 2 is 2.00 bits per heavy atom. The van der Waals surface area contributed by atoms with Crippen molar-refractivity contribution in [3.05, 3.63) is 45.7 Å². The van der Waals surface area contributed by atoms with Crippen LogP contribution in [-0.2, 0) is 17.8 Å². The van der Waals surface area contributed by atoms with Crippen LogP contribution in [0.5, 0.6) is 0 Å². The molecule has 0 amide bonds. The van der Waals surface area contributed by atoms with Crippen LogP contribution in [0.4, 0.5) is 0 Å². The van der Waals surface area contributed by atoms with Gasteiger partial charge in [-0.3, -0.25) is 0 Å². The number of esters is 1. The van der Waals surface area contributed by atoms with E-state index in [0.29, 0.717) is 24.6 Å². The number of fused-ring (bicyclic) bond motifs is 1. The quantitative estimate of drug-likeness (QED) is 0.854. The van der Waals surface area contributed by atoms with Gasteiger partial charge < -0.3 is 10.1 Å². The minimum atomic E-state index is -0.425. The number of hydrogen-bond acceptors (Lipinski definition) is 5. The molecule has 0 bridgehead atoms. The lowest BCUT2D eigenvalue weighted by molar-refractivity contribution is 0.0592. The minimum absolute atomic E-state index is 0.348. The number of methoxy groups -OCH3 is 1. The largest absolute Gasteiger partial charge is 0.464 e. The molecule has 0 spiro atoms. The molecule has 0 saturated carbocycles. The zero-order valence-corrected chi connectivity index (χ0v) is 12.4. The highest BCUT2D eigenvalue weighted by atomic mass is 79.9. The molecule has 1 aromatic carbocycles. The summed E-state index contributed by atoms with van der Waals surface area (Å²) in [6, 6.07) is 7.66. The van der Waals surface area contributed by atoms with Gasteiger partial charge in [0.05, 0.1) is 12.8 Å². The number of hydrogen-bond donors (Lipinski definition) is 1. The second-order valence-corrected chi connectivity index (χ2v) is 5.34. The molecule has 1 aliphatic rings. The summed E-state index contributed by atoms with van der Waals surface area (Å²) in [6.45, 7) is 1.24. The van der Waals surface area contributed by atoms with Gasteiger partial charge in [0.1, 0.15) is 0 Å². The van der Waals surface area contributed by atoms with Crippen molar-refractivity contribution in [2.24, 2.45) is 0 Å². The number of carbonyl (C=O) groups excluding carboxylic acids is 1. The van der Waals surface area contributed by atoms with Crippen molar-refractivity contribution in [3.8, 4) is 11.4 Å².